The summed E-state index contributed by atoms with van der Waals surface area (Å²) in [6, 6.07) is 12.2. The van der Waals surface area contributed by atoms with E-state index in [1.807, 2.05) is 54.6 Å². The number of carboxylic acid groups (broad SMARTS) is 6. The van der Waals surface area contributed by atoms with Crippen LogP contribution in [-0.4, -0.2) is 197 Å². The van der Waals surface area contributed by atoms with Gasteiger partial charge >= 0.3 is 41.8 Å². The standard InChI is InChI=1S/C51H71N9O17/c61-42(30-59(20-18-52-28-44(64)65)22-23-60(31-46(68)69)21-19-53-29-45(66)67)54-27-32-14-16-33(17-15-32)47(70)55-41(26-38-36-9-3-1-7-34(36)25-35-8-2-4-10-37(35)38)48(71)58-77-24-6-12-40(50(74)75)57-51(76)56-39(49(72)73)11-5-13-43(62)63/h1-4,7-10,25,32-33,39-41,52-53H,5-6,11-24,26-31H2,(H,54,61)(H,55,70)(H,58,71)(H,62,63)(H,64,65)(H,66,67)(H,68,69)(H,72,73)(H,74,75)(H2,56,57,76)/t32?,33?,39-,40-,41-/m0/s1. The highest BCUT2D eigenvalue weighted by molar-refractivity contribution is 6.03. The van der Waals surface area contributed by atoms with Crippen LogP contribution >= 0.6 is 0 Å². The lowest BCUT2D eigenvalue weighted by molar-refractivity contribution is -0.141. The molecule has 0 spiro atoms. The largest absolute Gasteiger partial charge is 0.481 e. The van der Waals surface area contributed by atoms with E-state index in [-0.39, 0.29) is 128 Å². The van der Waals surface area contributed by atoms with E-state index >= 15 is 0 Å². The van der Waals surface area contributed by atoms with E-state index in [9.17, 15) is 63.3 Å². The Bertz CT molecular complexity index is 2450. The van der Waals surface area contributed by atoms with E-state index in [2.05, 4.69) is 37.4 Å². The third-order valence-electron chi connectivity index (χ3n) is 13.0. The van der Waals surface area contributed by atoms with Gasteiger partial charge in [0.1, 0.15) is 18.1 Å². The highest BCUT2D eigenvalue weighted by Gasteiger charge is 2.31. The van der Waals surface area contributed by atoms with Crippen molar-refractivity contribution in [1.29, 1.82) is 0 Å². The zero-order chi connectivity index (χ0) is 56.3. The zero-order valence-corrected chi connectivity index (χ0v) is 42.7. The Hall–Kier alpha value is -7.52. The molecular weight excluding hydrogens is 1010 g/mol. The van der Waals surface area contributed by atoms with E-state index in [1.54, 1.807) is 9.80 Å². The molecule has 26 nitrogen and oxygen atoms in total. The molecule has 0 bridgehead atoms. The maximum absolute atomic E-state index is 14.1. The topological polar surface area (TPSA) is 392 Å². The maximum atomic E-state index is 14.1. The number of nitrogens with zero attached hydrogens (tertiary/aromatic N) is 2. The van der Waals surface area contributed by atoms with E-state index in [0.29, 0.717) is 32.2 Å². The molecule has 1 fully saturated rings. The summed E-state index contributed by atoms with van der Waals surface area (Å²) in [6.07, 6.45) is 1.37. The molecular formula is C51H71N9O17. The van der Waals surface area contributed by atoms with Gasteiger partial charge in [0.15, 0.2) is 0 Å². The highest BCUT2D eigenvalue weighted by Crippen LogP contribution is 2.31. The van der Waals surface area contributed by atoms with Crippen LogP contribution in [0.2, 0.25) is 0 Å². The van der Waals surface area contributed by atoms with Crippen LogP contribution in [0.5, 0.6) is 0 Å². The quantitative estimate of drug-likeness (QED) is 0.0209. The molecule has 422 valence electrons. The van der Waals surface area contributed by atoms with Crippen LogP contribution < -0.4 is 37.4 Å². The summed E-state index contributed by atoms with van der Waals surface area (Å²) in [5.41, 5.74) is 3.20. The van der Waals surface area contributed by atoms with E-state index in [0.717, 1.165) is 27.1 Å². The number of rotatable bonds is 37. The van der Waals surface area contributed by atoms with E-state index < -0.39 is 71.8 Å². The smallest absolute Gasteiger partial charge is 0.326 e. The molecule has 13 N–H and O–H groups in total. The van der Waals surface area contributed by atoms with Crippen LogP contribution in [0.3, 0.4) is 0 Å². The normalized spacial score (nSPS) is 15.5. The summed E-state index contributed by atoms with van der Waals surface area (Å²) in [7, 11) is 0. The molecule has 5 amide bonds. The summed E-state index contributed by atoms with van der Waals surface area (Å²) in [6.45, 7) is 0.553. The van der Waals surface area contributed by atoms with Gasteiger partial charge in [-0.1, -0.05) is 48.5 Å². The van der Waals surface area contributed by atoms with Gasteiger partial charge in [-0.25, -0.2) is 19.9 Å². The van der Waals surface area contributed by atoms with Crippen molar-refractivity contribution in [2.75, 3.05) is 78.6 Å². The van der Waals surface area contributed by atoms with E-state index in [1.165, 1.54) is 0 Å². The molecule has 0 aromatic heterocycles. The number of nitrogens with one attached hydrogen (secondary N) is 7. The van der Waals surface area contributed by atoms with Gasteiger partial charge in [-0.15, -0.1) is 0 Å². The molecule has 4 rings (SSSR count). The number of amides is 5. The highest BCUT2D eigenvalue weighted by atomic mass is 16.7. The molecule has 0 saturated heterocycles. The molecule has 1 saturated carbocycles. The molecule has 3 aromatic carbocycles. The van der Waals surface area contributed by atoms with Gasteiger partial charge in [0.05, 0.1) is 32.8 Å². The number of benzene rings is 3. The second-order valence-corrected chi connectivity index (χ2v) is 18.8. The third kappa shape index (κ3) is 23.1. The molecule has 0 heterocycles. The van der Waals surface area contributed by atoms with Crippen molar-refractivity contribution in [3.63, 3.8) is 0 Å². The van der Waals surface area contributed by atoms with Crippen LogP contribution in [0.15, 0.2) is 54.6 Å². The van der Waals surface area contributed by atoms with Gasteiger partial charge in [0, 0.05) is 64.6 Å². The van der Waals surface area contributed by atoms with Crippen molar-refractivity contribution in [3.8, 4) is 0 Å². The first-order valence-corrected chi connectivity index (χ1v) is 25.4. The number of fused-ring (bicyclic) bond motifs is 2. The Morgan fingerprint density at radius 2 is 1.13 bits per heavy atom. The van der Waals surface area contributed by atoms with Crippen molar-refractivity contribution in [3.05, 3.63) is 60.2 Å². The minimum absolute atomic E-state index is 0.00175. The Morgan fingerprint density at radius 1 is 0.597 bits per heavy atom. The van der Waals surface area contributed by atoms with Crippen LogP contribution in [-0.2, 0) is 54.4 Å². The second kappa shape index (κ2) is 32.8. The van der Waals surface area contributed by atoms with E-state index in [4.69, 9.17) is 20.2 Å². The van der Waals surface area contributed by atoms with Crippen LogP contribution in [0.1, 0.15) is 63.4 Å². The molecule has 77 heavy (non-hydrogen) atoms. The molecule has 0 aliphatic heterocycles. The van der Waals surface area contributed by atoms with Crippen LogP contribution in [0.25, 0.3) is 21.5 Å². The molecule has 1 aliphatic carbocycles. The molecule has 3 atom stereocenters. The SMILES string of the molecule is O=C(O)CCC[C@H](NC(=O)N[C@@H](CCCONC(=O)[C@H](Cc1c2ccccc2cc2ccccc12)NC(=O)C1CCC(CNC(=O)CN(CCNCC(=O)O)CCN(CCNCC(=O)O)CC(=O)O)CC1)C(=O)O)C(=O)O. The van der Waals surface area contributed by atoms with Crippen molar-refractivity contribution < 1.29 is 83.4 Å². The number of hydrogen-bond acceptors (Lipinski definition) is 15. The van der Waals surface area contributed by atoms with Crippen LogP contribution in [0.4, 0.5) is 4.79 Å². The van der Waals surface area contributed by atoms with Crippen molar-refractivity contribution in [2.24, 2.45) is 11.8 Å². The predicted octanol–water partition coefficient (Wildman–Crippen LogP) is 0.268. The summed E-state index contributed by atoms with van der Waals surface area (Å²) in [5, 5.41) is 74.7. The molecule has 26 heteroatoms. The summed E-state index contributed by atoms with van der Waals surface area (Å²) >= 11 is 0. The molecule has 1 aliphatic rings. The van der Waals surface area contributed by atoms with Crippen molar-refractivity contribution in [2.45, 2.75) is 82.3 Å². The first-order chi connectivity index (χ1) is 36.8. The fourth-order valence-electron chi connectivity index (χ4n) is 8.94. The fraction of sp³-hybridized carbons (Fsp3) is 0.529. The molecule has 0 radical (unpaired) electrons. The number of carbonyl (C=O) groups excluding carboxylic acids is 4. The van der Waals surface area contributed by atoms with Crippen LogP contribution in [0, 0.1) is 11.8 Å². The third-order valence-corrected chi connectivity index (χ3v) is 13.0. The monoisotopic (exact) mass is 1080 g/mol. The molecule has 3 aromatic rings. The van der Waals surface area contributed by atoms with Gasteiger partial charge in [-0.2, -0.15) is 0 Å². The average molecular weight is 1080 g/mol. The number of hydroxylamine groups is 1. The Morgan fingerprint density at radius 3 is 1.65 bits per heavy atom. The van der Waals surface area contributed by atoms with Crippen molar-refractivity contribution >= 4 is 81.1 Å². The van der Waals surface area contributed by atoms with Gasteiger partial charge in [-0.3, -0.25) is 48.2 Å². The molecule has 0 unspecified atom stereocenters. The Balaban J connectivity index is 1.35. The summed E-state index contributed by atoms with van der Waals surface area (Å²) < 4.78 is 0. The number of urea groups is 1. The number of carbonyl (C=O) groups is 10. The summed E-state index contributed by atoms with van der Waals surface area (Å²) in [4.78, 5) is 131. The average Bonchev–Trinajstić information content (AvgIpc) is 3.38. The summed E-state index contributed by atoms with van der Waals surface area (Å²) in [5.74, 6) is -9.00. The van der Waals surface area contributed by atoms with Gasteiger partial charge in [0.25, 0.3) is 5.91 Å². The first-order valence-electron chi connectivity index (χ1n) is 25.4. The first kappa shape index (κ1) is 62.0. The fourth-order valence-corrected chi connectivity index (χ4v) is 8.94. The minimum atomic E-state index is -1.48. The van der Waals surface area contributed by atoms with Gasteiger partial charge in [0.2, 0.25) is 11.8 Å². The van der Waals surface area contributed by atoms with Gasteiger partial charge in [-0.05, 0) is 90.5 Å². The number of aliphatic carboxylic acids is 6. The number of carboxylic acids is 6. The minimum Gasteiger partial charge on any atom is -0.481 e. The van der Waals surface area contributed by atoms with Gasteiger partial charge < -0.3 is 62.5 Å². The maximum Gasteiger partial charge on any atom is 0.326 e. The Kier molecular flexibility index (Phi) is 26.4. The second-order valence-electron chi connectivity index (χ2n) is 18.8. The lowest BCUT2D eigenvalue weighted by atomic mass is 9.81. The Labute approximate surface area is 443 Å². The number of hydrogen-bond donors (Lipinski definition) is 13. The lowest BCUT2D eigenvalue weighted by Crippen LogP contribution is -2.51. The zero-order valence-electron chi connectivity index (χ0n) is 42.7. The lowest BCUT2D eigenvalue weighted by Gasteiger charge is -2.30. The predicted molar refractivity (Wildman–Crippen MR) is 276 cm³/mol. The van der Waals surface area contributed by atoms with Crippen molar-refractivity contribution in [1.82, 2.24) is 47.2 Å².